The van der Waals surface area contributed by atoms with Crippen molar-refractivity contribution >= 4 is 5.91 Å². The van der Waals surface area contributed by atoms with Crippen molar-refractivity contribution in [1.82, 2.24) is 20.0 Å². The molecule has 2 aromatic rings. The van der Waals surface area contributed by atoms with E-state index < -0.39 is 0 Å². The molecule has 1 amide bonds. The van der Waals surface area contributed by atoms with E-state index in [0.29, 0.717) is 5.56 Å². The average molecular weight is 326 g/mol. The zero-order chi connectivity index (χ0) is 16.9. The lowest BCUT2D eigenvalue weighted by molar-refractivity contribution is 0.0911. The summed E-state index contributed by atoms with van der Waals surface area (Å²) in [6.07, 6.45) is 4.91. The minimum atomic E-state index is 0.00309. The highest BCUT2D eigenvalue weighted by Gasteiger charge is 2.22. The molecule has 0 saturated carbocycles. The first-order chi connectivity index (χ1) is 11.6. The van der Waals surface area contributed by atoms with Crippen LogP contribution in [0.2, 0.25) is 0 Å². The maximum atomic E-state index is 12.4. The number of aryl methyl sites for hydroxylation is 2. The van der Waals surface area contributed by atoms with E-state index in [9.17, 15) is 4.79 Å². The zero-order valence-electron chi connectivity index (χ0n) is 14.5. The van der Waals surface area contributed by atoms with Crippen molar-refractivity contribution in [3.8, 4) is 0 Å². The van der Waals surface area contributed by atoms with Gasteiger partial charge in [-0.15, -0.1) is 0 Å². The largest absolute Gasteiger partial charge is 0.349 e. The van der Waals surface area contributed by atoms with Crippen molar-refractivity contribution in [3.63, 3.8) is 0 Å². The Kier molecular flexibility index (Phi) is 5.30. The molecular formula is C19H26N4O. The normalized spacial score (nSPS) is 16.2. The van der Waals surface area contributed by atoms with Crippen molar-refractivity contribution in [2.45, 2.75) is 32.2 Å². The van der Waals surface area contributed by atoms with Gasteiger partial charge >= 0.3 is 0 Å². The van der Waals surface area contributed by atoms with Crippen LogP contribution in [0.5, 0.6) is 0 Å². The van der Waals surface area contributed by atoms with Gasteiger partial charge in [0.2, 0.25) is 0 Å². The molecule has 0 unspecified atom stereocenters. The van der Waals surface area contributed by atoms with Crippen molar-refractivity contribution in [3.05, 3.63) is 53.3 Å². The molecule has 128 valence electrons. The number of carbonyl (C=O) groups is 1. The van der Waals surface area contributed by atoms with E-state index in [4.69, 9.17) is 0 Å². The molecule has 0 bridgehead atoms. The van der Waals surface area contributed by atoms with Gasteiger partial charge < -0.3 is 10.2 Å². The third kappa shape index (κ3) is 4.23. The van der Waals surface area contributed by atoms with Crippen molar-refractivity contribution in [2.75, 3.05) is 19.6 Å². The van der Waals surface area contributed by atoms with Crippen molar-refractivity contribution < 1.29 is 4.79 Å². The lowest BCUT2D eigenvalue weighted by Gasteiger charge is -2.32. The maximum absolute atomic E-state index is 12.4. The Labute approximate surface area is 143 Å². The Morgan fingerprint density at radius 3 is 2.58 bits per heavy atom. The molecule has 1 aromatic carbocycles. The predicted octanol–water partition coefficient (Wildman–Crippen LogP) is 2.17. The average Bonchev–Trinajstić information content (AvgIpc) is 2.94. The van der Waals surface area contributed by atoms with Crippen LogP contribution in [-0.2, 0) is 13.5 Å². The number of rotatable bonds is 5. The van der Waals surface area contributed by atoms with Gasteiger partial charge in [-0.2, -0.15) is 5.10 Å². The zero-order valence-corrected chi connectivity index (χ0v) is 14.5. The van der Waals surface area contributed by atoms with Gasteiger partial charge in [-0.3, -0.25) is 9.48 Å². The Hall–Kier alpha value is -2.14. The summed E-state index contributed by atoms with van der Waals surface area (Å²) in [7, 11) is 1.84. The van der Waals surface area contributed by atoms with Gasteiger partial charge in [0.25, 0.3) is 5.91 Å². The lowest BCUT2D eigenvalue weighted by atomic mass is 10.0. The second kappa shape index (κ2) is 7.62. The Morgan fingerprint density at radius 2 is 1.96 bits per heavy atom. The van der Waals surface area contributed by atoms with Crippen LogP contribution in [0.3, 0.4) is 0 Å². The van der Waals surface area contributed by atoms with E-state index in [2.05, 4.69) is 45.6 Å². The van der Waals surface area contributed by atoms with Crippen LogP contribution < -0.4 is 5.32 Å². The molecule has 3 rings (SSSR count). The molecule has 1 N–H and O–H groups in total. The maximum Gasteiger partial charge on any atom is 0.254 e. The highest BCUT2D eigenvalue weighted by Crippen LogP contribution is 2.13. The number of benzene rings is 1. The third-order valence-electron chi connectivity index (χ3n) is 4.74. The second-order valence-electron chi connectivity index (χ2n) is 6.63. The second-order valence-corrected chi connectivity index (χ2v) is 6.63. The minimum absolute atomic E-state index is 0.00309. The number of piperidine rings is 1. The Bertz CT molecular complexity index is 672. The van der Waals surface area contributed by atoms with Gasteiger partial charge in [-0.05, 0) is 31.7 Å². The number of amides is 1. The highest BCUT2D eigenvalue weighted by atomic mass is 16.1. The fraction of sp³-hybridized carbons (Fsp3) is 0.474. The number of nitrogens with zero attached hydrogens (tertiary/aromatic N) is 3. The van der Waals surface area contributed by atoms with Gasteiger partial charge in [-0.1, -0.05) is 30.3 Å². The van der Waals surface area contributed by atoms with E-state index in [1.165, 1.54) is 5.56 Å². The summed E-state index contributed by atoms with van der Waals surface area (Å²) in [5, 5.41) is 7.40. The predicted molar refractivity (Wildman–Crippen MR) is 95.0 cm³/mol. The van der Waals surface area contributed by atoms with Crippen LogP contribution in [0.15, 0.2) is 36.5 Å². The first-order valence-corrected chi connectivity index (χ1v) is 8.69. The fourth-order valence-corrected chi connectivity index (χ4v) is 3.32. The van der Waals surface area contributed by atoms with E-state index in [1.54, 1.807) is 10.9 Å². The fourth-order valence-electron chi connectivity index (χ4n) is 3.32. The molecule has 2 heterocycles. The summed E-state index contributed by atoms with van der Waals surface area (Å²) in [5.74, 6) is 0.00309. The Morgan fingerprint density at radius 1 is 1.25 bits per heavy atom. The molecule has 1 fully saturated rings. The molecule has 1 aromatic heterocycles. The summed E-state index contributed by atoms with van der Waals surface area (Å²) in [5.41, 5.74) is 2.86. The molecular weight excluding hydrogens is 300 g/mol. The summed E-state index contributed by atoms with van der Waals surface area (Å²) in [6, 6.07) is 10.9. The summed E-state index contributed by atoms with van der Waals surface area (Å²) in [6.45, 7) is 5.06. The molecule has 5 heteroatoms. The molecule has 5 nitrogen and oxygen atoms in total. The SMILES string of the molecule is Cc1nn(C)cc1C(=O)NC1CCN(CCc2ccccc2)CC1. The number of likely N-dealkylation sites (tertiary alicyclic amines) is 1. The minimum Gasteiger partial charge on any atom is -0.349 e. The van der Waals surface area contributed by atoms with Gasteiger partial charge in [-0.25, -0.2) is 0 Å². The van der Waals surface area contributed by atoms with E-state index in [-0.39, 0.29) is 11.9 Å². The van der Waals surface area contributed by atoms with Crippen molar-refractivity contribution in [2.24, 2.45) is 7.05 Å². The molecule has 1 aliphatic rings. The molecule has 0 radical (unpaired) electrons. The lowest BCUT2D eigenvalue weighted by Crippen LogP contribution is -2.45. The monoisotopic (exact) mass is 326 g/mol. The molecule has 1 saturated heterocycles. The van der Waals surface area contributed by atoms with Gasteiger partial charge in [0.1, 0.15) is 0 Å². The number of carbonyl (C=O) groups excluding carboxylic acids is 1. The van der Waals surface area contributed by atoms with Crippen LogP contribution in [0.25, 0.3) is 0 Å². The van der Waals surface area contributed by atoms with Crippen LogP contribution in [0, 0.1) is 6.92 Å². The summed E-state index contributed by atoms with van der Waals surface area (Å²) in [4.78, 5) is 14.9. The summed E-state index contributed by atoms with van der Waals surface area (Å²) < 4.78 is 1.69. The van der Waals surface area contributed by atoms with Crippen LogP contribution >= 0.6 is 0 Å². The van der Waals surface area contributed by atoms with Crippen LogP contribution in [0.4, 0.5) is 0 Å². The molecule has 24 heavy (non-hydrogen) atoms. The first kappa shape index (κ1) is 16.7. The number of nitrogens with one attached hydrogen (secondary N) is 1. The van der Waals surface area contributed by atoms with Crippen molar-refractivity contribution in [1.29, 1.82) is 0 Å². The van der Waals surface area contributed by atoms with Gasteiger partial charge in [0.05, 0.1) is 11.3 Å². The van der Waals surface area contributed by atoms with E-state index in [1.807, 2.05) is 14.0 Å². The Balaban J connectivity index is 1.43. The third-order valence-corrected chi connectivity index (χ3v) is 4.74. The highest BCUT2D eigenvalue weighted by molar-refractivity contribution is 5.95. The van der Waals surface area contributed by atoms with Gasteiger partial charge in [0.15, 0.2) is 0 Å². The van der Waals surface area contributed by atoms with Gasteiger partial charge in [0, 0.05) is 38.9 Å². The molecule has 0 aliphatic carbocycles. The van der Waals surface area contributed by atoms with Crippen LogP contribution in [-0.4, -0.2) is 46.3 Å². The molecule has 1 aliphatic heterocycles. The van der Waals surface area contributed by atoms with E-state index >= 15 is 0 Å². The number of aromatic nitrogens is 2. The quantitative estimate of drug-likeness (QED) is 0.916. The van der Waals surface area contributed by atoms with Crippen LogP contribution in [0.1, 0.15) is 34.5 Å². The van der Waals surface area contributed by atoms with E-state index in [0.717, 1.165) is 44.6 Å². The smallest absolute Gasteiger partial charge is 0.254 e. The summed E-state index contributed by atoms with van der Waals surface area (Å²) >= 11 is 0. The molecule has 0 spiro atoms. The number of hydrogen-bond donors (Lipinski definition) is 1. The standard InChI is InChI=1S/C19H26N4O/c1-15-18(14-22(2)21-15)19(24)20-17-9-12-23(13-10-17)11-8-16-6-4-3-5-7-16/h3-7,14,17H,8-13H2,1-2H3,(H,20,24). The molecule has 0 atom stereocenters. The first-order valence-electron chi connectivity index (χ1n) is 8.69. The topological polar surface area (TPSA) is 50.2 Å². The number of hydrogen-bond acceptors (Lipinski definition) is 3.